The number of aromatic nitrogens is 2. The Bertz CT molecular complexity index is 286. The van der Waals surface area contributed by atoms with Gasteiger partial charge in [-0.3, -0.25) is 4.79 Å². The highest BCUT2D eigenvalue weighted by Gasteiger charge is 2.12. The van der Waals surface area contributed by atoms with Crippen LogP contribution in [0.2, 0.25) is 0 Å². The van der Waals surface area contributed by atoms with Gasteiger partial charge >= 0.3 is 0 Å². The summed E-state index contributed by atoms with van der Waals surface area (Å²) in [6.45, 7) is 3.40. The van der Waals surface area contributed by atoms with E-state index >= 15 is 0 Å². The van der Waals surface area contributed by atoms with Crippen LogP contribution in [0.1, 0.15) is 13.8 Å². The molecular formula is C6H9N3OS2. The van der Waals surface area contributed by atoms with Gasteiger partial charge in [0, 0.05) is 0 Å². The molecule has 6 heteroatoms. The molecule has 0 aliphatic heterocycles. The Kier molecular flexibility index (Phi) is 3.05. The Morgan fingerprint density at radius 3 is 2.75 bits per heavy atom. The van der Waals surface area contributed by atoms with Crippen LogP contribution in [0.4, 0.5) is 5.13 Å². The molecule has 0 amide bonds. The van der Waals surface area contributed by atoms with Gasteiger partial charge in [-0.25, -0.2) is 0 Å². The second-order valence-electron chi connectivity index (χ2n) is 2.28. The Morgan fingerprint density at radius 1 is 1.67 bits per heavy atom. The fourth-order valence-electron chi connectivity index (χ4n) is 0.502. The largest absolute Gasteiger partial charge is 0.374 e. The number of thioether (sulfide) groups is 1. The molecule has 0 fully saturated rings. The summed E-state index contributed by atoms with van der Waals surface area (Å²) in [6.07, 6.45) is 0. The van der Waals surface area contributed by atoms with Gasteiger partial charge in [0.1, 0.15) is 5.78 Å². The molecule has 0 saturated heterocycles. The highest BCUT2D eigenvalue weighted by Crippen LogP contribution is 2.27. The number of rotatable bonds is 3. The quantitative estimate of drug-likeness (QED) is 0.747. The van der Waals surface area contributed by atoms with E-state index in [2.05, 4.69) is 10.2 Å². The topological polar surface area (TPSA) is 68.9 Å². The molecule has 1 aromatic heterocycles. The van der Waals surface area contributed by atoms with E-state index in [0.717, 1.165) is 4.34 Å². The maximum atomic E-state index is 10.9. The smallest absolute Gasteiger partial charge is 0.203 e. The Labute approximate surface area is 78.6 Å². The van der Waals surface area contributed by atoms with Crippen LogP contribution in [0.5, 0.6) is 0 Å². The molecule has 2 N–H and O–H groups in total. The van der Waals surface area contributed by atoms with Crippen LogP contribution >= 0.6 is 23.1 Å². The fraction of sp³-hybridized carbons (Fsp3) is 0.500. The van der Waals surface area contributed by atoms with Gasteiger partial charge in [0.25, 0.3) is 0 Å². The lowest BCUT2D eigenvalue weighted by atomic mass is 10.3. The number of nitrogen functional groups attached to an aromatic ring is 1. The lowest BCUT2D eigenvalue weighted by Crippen LogP contribution is -2.07. The molecule has 4 nitrogen and oxygen atoms in total. The van der Waals surface area contributed by atoms with Gasteiger partial charge in [0.2, 0.25) is 5.13 Å². The summed E-state index contributed by atoms with van der Waals surface area (Å²) in [5, 5.41) is 7.80. The molecule has 0 aliphatic rings. The van der Waals surface area contributed by atoms with Gasteiger partial charge in [0.05, 0.1) is 5.25 Å². The number of Topliss-reactive ketones (excluding diaryl/α,β-unsaturated/α-hetero) is 1. The van der Waals surface area contributed by atoms with E-state index in [9.17, 15) is 4.79 Å². The molecule has 0 bridgehead atoms. The number of nitrogens with zero attached hydrogens (tertiary/aromatic N) is 2. The van der Waals surface area contributed by atoms with Gasteiger partial charge < -0.3 is 5.73 Å². The number of nitrogens with two attached hydrogens (primary N) is 1. The third-order valence-corrected chi connectivity index (χ3v) is 3.33. The minimum absolute atomic E-state index is 0.0719. The first-order valence-corrected chi connectivity index (χ1v) is 5.05. The van der Waals surface area contributed by atoms with E-state index in [-0.39, 0.29) is 11.0 Å². The Morgan fingerprint density at radius 2 is 2.33 bits per heavy atom. The number of carbonyl (C=O) groups is 1. The maximum absolute atomic E-state index is 10.9. The van der Waals surface area contributed by atoms with Crippen molar-refractivity contribution in [3.8, 4) is 0 Å². The first kappa shape index (κ1) is 9.47. The highest BCUT2D eigenvalue weighted by molar-refractivity contribution is 8.02. The number of hydrogen-bond donors (Lipinski definition) is 1. The van der Waals surface area contributed by atoms with Gasteiger partial charge in [-0.05, 0) is 13.8 Å². The average molecular weight is 203 g/mol. The van der Waals surface area contributed by atoms with Crippen LogP contribution in [-0.4, -0.2) is 21.2 Å². The van der Waals surface area contributed by atoms with E-state index in [1.54, 1.807) is 6.92 Å². The van der Waals surface area contributed by atoms with Crippen LogP contribution in [0.15, 0.2) is 4.34 Å². The molecule has 1 atom stereocenters. The maximum Gasteiger partial charge on any atom is 0.203 e. The second kappa shape index (κ2) is 3.86. The molecule has 66 valence electrons. The van der Waals surface area contributed by atoms with Gasteiger partial charge in [-0.2, -0.15) is 0 Å². The van der Waals surface area contributed by atoms with E-state index < -0.39 is 0 Å². The zero-order chi connectivity index (χ0) is 9.14. The van der Waals surface area contributed by atoms with Crippen molar-refractivity contribution in [3.63, 3.8) is 0 Å². The van der Waals surface area contributed by atoms with E-state index in [1.165, 1.54) is 23.1 Å². The van der Waals surface area contributed by atoms with Crippen molar-refractivity contribution in [1.82, 2.24) is 10.2 Å². The molecule has 0 saturated carbocycles. The molecule has 1 heterocycles. The lowest BCUT2D eigenvalue weighted by molar-refractivity contribution is -0.116. The standard InChI is InChI=1S/C6H9N3OS2/c1-3(10)4(2)11-6-9-8-5(7)12-6/h4H,1-2H3,(H2,7,8). The van der Waals surface area contributed by atoms with Crippen molar-refractivity contribution < 1.29 is 4.79 Å². The van der Waals surface area contributed by atoms with Gasteiger partial charge in [0.15, 0.2) is 4.34 Å². The molecule has 0 radical (unpaired) electrons. The van der Waals surface area contributed by atoms with Crippen molar-refractivity contribution in [2.75, 3.05) is 5.73 Å². The van der Waals surface area contributed by atoms with E-state index in [1.807, 2.05) is 6.92 Å². The molecule has 12 heavy (non-hydrogen) atoms. The number of hydrogen-bond acceptors (Lipinski definition) is 6. The number of anilines is 1. The third kappa shape index (κ3) is 2.46. The van der Waals surface area contributed by atoms with Crippen LogP contribution in [-0.2, 0) is 4.79 Å². The van der Waals surface area contributed by atoms with Crippen LogP contribution < -0.4 is 5.73 Å². The molecular weight excluding hydrogens is 194 g/mol. The summed E-state index contributed by atoms with van der Waals surface area (Å²) < 4.78 is 0.746. The van der Waals surface area contributed by atoms with E-state index in [0.29, 0.717) is 5.13 Å². The minimum atomic E-state index is -0.0719. The fourth-order valence-corrected chi connectivity index (χ4v) is 2.28. The Balaban J connectivity index is 2.58. The van der Waals surface area contributed by atoms with Gasteiger partial charge in [-0.1, -0.05) is 23.1 Å². The summed E-state index contributed by atoms with van der Waals surface area (Å²) >= 11 is 2.69. The monoisotopic (exact) mass is 203 g/mol. The van der Waals surface area contributed by atoms with Crippen molar-refractivity contribution in [1.29, 1.82) is 0 Å². The normalized spacial score (nSPS) is 12.8. The average Bonchev–Trinajstić information content (AvgIpc) is 2.35. The molecule has 1 aromatic rings. The van der Waals surface area contributed by atoms with E-state index in [4.69, 9.17) is 5.73 Å². The zero-order valence-electron chi connectivity index (χ0n) is 6.77. The third-order valence-electron chi connectivity index (χ3n) is 1.27. The van der Waals surface area contributed by atoms with Gasteiger partial charge in [-0.15, -0.1) is 10.2 Å². The zero-order valence-corrected chi connectivity index (χ0v) is 8.41. The molecule has 0 aromatic carbocycles. The predicted molar refractivity (Wildman–Crippen MR) is 50.3 cm³/mol. The lowest BCUT2D eigenvalue weighted by Gasteiger charge is -2.01. The Hall–Kier alpha value is -0.620. The van der Waals surface area contributed by atoms with Crippen molar-refractivity contribution >= 4 is 34.0 Å². The molecule has 0 aliphatic carbocycles. The predicted octanol–water partition coefficient (Wildman–Crippen LogP) is 1.19. The van der Waals surface area contributed by atoms with Crippen molar-refractivity contribution in [2.24, 2.45) is 0 Å². The summed E-state index contributed by atoms with van der Waals surface area (Å²) in [5.41, 5.74) is 5.38. The summed E-state index contributed by atoms with van der Waals surface area (Å²) in [6, 6.07) is 0. The summed E-state index contributed by atoms with van der Waals surface area (Å²) in [5.74, 6) is 0.133. The highest BCUT2D eigenvalue weighted by atomic mass is 32.2. The summed E-state index contributed by atoms with van der Waals surface area (Å²) in [4.78, 5) is 10.9. The minimum Gasteiger partial charge on any atom is -0.374 e. The second-order valence-corrected chi connectivity index (χ2v) is 4.87. The van der Waals surface area contributed by atoms with Crippen LogP contribution in [0.25, 0.3) is 0 Å². The van der Waals surface area contributed by atoms with Crippen LogP contribution in [0, 0.1) is 0 Å². The molecule has 1 rings (SSSR count). The van der Waals surface area contributed by atoms with Crippen molar-refractivity contribution in [2.45, 2.75) is 23.4 Å². The van der Waals surface area contributed by atoms with Crippen molar-refractivity contribution in [3.05, 3.63) is 0 Å². The number of carbonyl (C=O) groups excluding carboxylic acids is 1. The van der Waals surface area contributed by atoms with Crippen LogP contribution in [0.3, 0.4) is 0 Å². The molecule has 1 unspecified atom stereocenters. The first-order chi connectivity index (χ1) is 5.59. The first-order valence-electron chi connectivity index (χ1n) is 3.35. The summed E-state index contributed by atoms with van der Waals surface area (Å²) in [7, 11) is 0. The SMILES string of the molecule is CC(=O)C(C)Sc1nnc(N)s1. The molecule has 0 spiro atoms. The number of ketones is 1.